The van der Waals surface area contributed by atoms with Crippen molar-refractivity contribution in [3.05, 3.63) is 45.9 Å². The summed E-state index contributed by atoms with van der Waals surface area (Å²) in [4.78, 5) is 9.67. The van der Waals surface area contributed by atoms with Gasteiger partial charge in [0.1, 0.15) is 0 Å². The topological polar surface area (TPSA) is 63.3 Å². The zero-order chi connectivity index (χ0) is 13.7. The van der Waals surface area contributed by atoms with Crippen LogP contribution in [0.4, 0.5) is 5.69 Å². The molecule has 3 N–H and O–H groups in total. The molecule has 2 aromatic rings. The lowest BCUT2D eigenvalue weighted by atomic mass is 10.1. The highest BCUT2D eigenvalue weighted by Crippen LogP contribution is 2.14. The fourth-order valence-electron chi connectivity index (χ4n) is 1.69. The zero-order valence-electron chi connectivity index (χ0n) is 11.6. The zero-order valence-corrected chi connectivity index (χ0v) is 14.7. The van der Waals surface area contributed by atoms with Gasteiger partial charge in [0.05, 0.1) is 17.7 Å². The van der Waals surface area contributed by atoms with Crippen LogP contribution in [0.5, 0.6) is 0 Å². The molecule has 6 heteroatoms. The third-order valence-electron chi connectivity index (χ3n) is 2.85. The number of benzene rings is 1. The lowest BCUT2D eigenvalue weighted by Crippen LogP contribution is -2.22. The van der Waals surface area contributed by atoms with Gasteiger partial charge >= 0.3 is 0 Å². The van der Waals surface area contributed by atoms with Gasteiger partial charge in [0.25, 0.3) is 0 Å². The second-order valence-corrected chi connectivity index (χ2v) is 5.18. The number of nitrogens with two attached hydrogens (primary N) is 1. The summed E-state index contributed by atoms with van der Waals surface area (Å²) in [6.45, 7) is 4.68. The molecule has 4 nitrogen and oxygen atoms in total. The summed E-state index contributed by atoms with van der Waals surface area (Å²) < 4.78 is 0. The number of halogens is 1. The molecular formula is C14H19IN4S. The predicted octanol–water partition coefficient (Wildman–Crippen LogP) is 3.56. The number of hydrogen-bond acceptors (Lipinski definition) is 3. The third-order valence-corrected chi connectivity index (χ3v) is 3.77. The van der Waals surface area contributed by atoms with E-state index in [-0.39, 0.29) is 24.0 Å². The first-order valence-corrected chi connectivity index (χ1v) is 7.12. The first kappa shape index (κ1) is 16.9. The summed E-state index contributed by atoms with van der Waals surface area (Å²) in [5.41, 5.74) is 11.0. The molecule has 0 saturated carbocycles. The minimum Gasteiger partial charge on any atom is -0.370 e. The van der Waals surface area contributed by atoms with E-state index >= 15 is 0 Å². The van der Waals surface area contributed by atoms with Crippen LogP contribution in [0.1, 0.15) is 23.1 Å². The number of aliphatic imine (C=N–C) groups is 1. The van der Waals surface area contributed by atoms with Gasteiger partial charge in [0, 0.05) is 10.6 Å². The Hall–Kier alpha value is -1.15. The van der Waals surface area contributed by atoms with E-state index in [1.807, 2.05) is 24.6 Å². The summed E-state index contributed by atoms with van der Waals surface area (Å²) >= 11 is 1.60. The molecule has 0 aliphatic rings. The van der Waals surface area contributed by atoms with Gasteiger partial charge in [-0.15, -0.1) is 35.3 Å². The van der Waals surface area contributed by atoms with Gasteiger partial charge in [-0.3, -0.25) is 0 Å². The Bertz CT molecular complexity index is 580. The van der Waals surface area contributed by atoms with Crippen LogP contribution >= 0.6 is 35.3 Å². The van der Waals surface area contributed by atoms with Gasteiger partial charge in [-0.2, -0.15) is 0 Å². The summed E-state index contributed by atoms with van der Waals surface area (Å²) in [7, 11) is 0. The van der Waals surface area contributed by atoms with E-state index in [2.05, 4.69) is 34.3 Å². The summed E-state index contributed by atoms with van der Waals surface area (Å²) in [5, 5.41) is 3.11. The fraction of sp³-hybridized carbons (Fsp3) is 0.286. The van der Waals surface area contributed by atoms with Gasteiger partial charge in [0.2, 0.25) is 0 Å². The van der Waals surface area contributed by atoms with Crippen molar-refractivity contribution in [3.8, 4) is 0 Å². The molecule has 0 aliphatic carbocycles. The highest BCUT2D eigenvalue weighted by molar-refractivity contribution is 14.0. The van der Waals surface area contributed by atoms with Crippen LogP contribution in [0.3, 0.4) is 0 Å². The second kappa shape index (κ2) is 8.21. The van der Waals surface area contributed by atoms with Crippen LogP contribution in [0.2, 0.25) is 0 Å². The van der Waals surface area contributed by atoms with E-state index in [4.69, 9.17) is 5.73 Å². The predicted molar refractivity (Wildman–Crippen MR) is 97.0 cm³/mol. The van der Waals surface area contributed by atoms with Crippen molar-refractivity contribution >= 4 is 47.0 Å². The van der Waals surface area contributed by atoms with Crippen LogP contribution in [-0.2, 0) is 13.0 Å². The fourth-order valence-corrected chi connectivity index (χ4v) is 2.39. The van der Waals surface area contributed by atoms with Gasteiger partial charge in [-0.05, 0) is 31.0 Å². The van der Waals surface area contributed by atoms with Gasteiger partial charge in [0.15, 0.2) is 5.96 Å². The summed E-state index contributed by atoms with van der Waals surface area (Å²) in [5.74, 6) is 0.432. The SMILES string of the molecule is CCc1cccc(NC(N)=NCc2scnc2C)c1.I. The Balaban J connectivity index is 0.00000200. The minimum absolute atomic E-state index is 0. The molecule has 0 atom stereocenters. The van der Waals surface area contributed by atoms with Crippen molar-refractivity contribution in [2.24, 2.45) is 10.7 Å². The lowest BCUT2D eigenvalue weighted by Gasteiger charge is -2.06. The lowest BCUT2D eigenvalue weighted by molar-refractivity contribution is 1.05. The summed E-state index contributed by atoms with van der Waals surface area (Å²) in [6.07, 6.45) is 1.01. The molecule has 0 aliphatic heterocycles. The number of anilines is 1. The molecule has 0 fully saturated rings. The van der Waals surface area contributed by atoms with E-state index in [1.54, 1.807) is 11.3 Å². The molecule has 0 saturated heterocycles. The maximum absolute atomic E-state index is 5.89. The van der Waals surface area contributed by atoms with Crippen LogP contribution in [0.25, 0.3) is 0 Å². The summed E-state index contributed by atoms with van der Waals surface area (Å²) in [6, 6.07) is 8.18. The average molecular weight is 402 g/mol. The number of nitrogens with one attached hydrogen (secondary N) is 1. The normalized spacial score (nSPS) is 11.0. The van der Waals surface area contributed by atoms with Gasteiger partial charge in [-0.1, -0.05) is 19.1 Å². The van der Waals surface area contributed by atoms with Crippen molar-refractivity contribution in [2.75, 3.05) is 5.32 Å². The Morgan fingerprint density at radius 2 is 2.25 bits per heavy atom. The van der Waals surface area contributed by atoms with Gasteiger partial charge < -0.3 is 11.1 Å². The van der Waals surface area contributed by atoms with E-state index < -0.39 is 0 Å². The smallest absolute Gasteiger partial charge is 0.193 e. The Kier molecular flexibility index (Phi) is 6.94. The molecule has 2 rings (SSSR count). The number of aromatic nitrogens is 1. The molecule has 0 unspecified atom stereocenters. The maximum atomic E-state index is 5.89. The van der Waals surface area contributed by atoms with E-state index in [0.717, 1.165) is 22.7 Å². The van der Waals surface area contributed by atoms with Crippen molar-refractivity contribution in [1.82, 2.24) is 4.98 Å². The monoisotopic (exact) mass is 402 g/mol. The Morgan fingerprint density at radius 1 is 1.45 bits per heavy atom. The Labute approximate surface area is 140 Å². The highest BCUT2D eigenvalue weighted by Gasteiger charge is 2.01. The molecular weight excluding hydrogens is 383 g/mol. The molecule has 0 spiro atoms. The Morgan fingerprint density at radius 3 is 2.90 bits per heavy atom. The minimum atomic E-state index is 0. The number of thiazole rings is 1. The molecule has 0 bridgehead atoms. The first-order valence-electron chi connectivity index (χ1n) is 6.24. The van der Waals surface area contributed by atoms with Crippen molar-refractivity contribution < 1.29 is 0 Å². The van der Waals surface area contributed by atoms with Crippen molar-refractivity contribution in [3.63, 3.8) is 0 Å². The van der Waals surface area contributed by atoms with Gasteiger partial charge in [-0.25, -0.2) is 9.98 Å². The van der Waals surface area contributed by atoms with Crippen LogP contribution < -0.4 is 11.1 Å². The molecule has 0 amide bonds. The second-order valence-electron chi connectivity index (χ2n) is 4.24. The van der Waals surface area contributed by atoms with Crippen LogP contribution in [0, 0.1) is 6.92 Å². The molecule has 1 heterocycles. The largest absolute Gasteiger partial charge is 0.370 e. The quantitative estimate of drug-likeness (QED) is 0.467. The van der Waals surface area contributed by atoms with Crippen molar-refractivity contribution in [2.45, 2.75) is 26.8 Å². The third kappa shape index (κ3) is 4.75. The van der Waals surface area contributed by atoms with E-state index in [9.17, 15) is 0 Å². The standard InChI is InChI=1S/C14H18N4S.HI/c1-3-11-5-4-6-12(7-11)18-14(15)16-8-13-10(2)17-9-19-13;/h4-7,9H,3,8H2,1-2H3,(H3,15,16,18);1H. The van der Waals surface area contributed by atoms with Crippen LogP contribution in [0.15, 0.2) is 34.8 Å². The van der Waals surface area contributed by atoms with Crippen LogP contribution in [-0.4, -0.2) is 10.9 Å². The number of rotatable bonds is 4. The maximum Gasteiger partial charge on any atom is 0.193 e. The molecule has 108 valence electrons. The molecule has 1 aromatic carbocycles. The number of aryl methyl sites for hydroxylation is 2. The van der Waals surface area contributed by atoms with E-state index in [1.165, 1.54) is 5.56 Å². The molecule has 1 aromatic heterocycles. The molecule has 0 radical (unpaired) electrons. The first-order chi connectivity index (χ1) is 9.19. The molecule has 20 heavy (non-hydrogen) atoms. The number of hydrogen-bond donors (Lipinski definition) is 2. The number of guanidine groups is 1. The van der Waals surface area contributed by atoms with E-state index in [0.29, 0.717) is 12.5 Å². The highest BCUT2D eigenvalue weighted by atomic mass is 127. The average Bonchev–Trinajstić information content (AvgIpc) is 2.82. The number of nitrogens with zero attached hydrogens (tertiary/aromatic N) is 2. The van der Waals surface area contributed by atoms with Crippen molar-refractivity contribution in [1.29, 1.82) is 0 Å².